The van der Waals surface area contributed by atoms with Gasteiger partial charge in [0.05, 0.1) is 22.9 Å². The second kappa shape index (κ2) is 9.61. The van der Waals surface area contributed by atoms with E-state index in [2.05, 4.69) is 10.1 Å². The van der Waals surface area contributed by atoms with Crippen LogP contribution in [0.25, 0.3) is 16.9 Å². The van der Waals surface area contributed by atoms with Crippen molar-refractivity contribution in [3.8, 4) is 16.9 Å². The molecule has 0 radical (unpaired) electrons. The van der Waals surface area contributed by atoms with Crippen molar-refractivity contribution in [3.05, 3.63) is 84.1 Å². The van der Waals surface area contributed by atoms with Gasteiger partial charge < -0.3 is 9.42 Å². The molecule has 0 saturated carbocycles. The van der Waals surface area contributed by atoms with Gasteiger partial charge in [0.15, 0.2) is 5.82 Å². The molecule has 0 bridgehead atoms. The van der Waals surface area contributed by atoms with Crippen LogP contribution < -0.4 is 0 Å². The van der Waals surface area contributed by atoms with E-state index in [1.807, 2.05) is 78.6 Å². The van der Waals surface area contributed by atoms with Gasteiger partial charge in [-0.25, -0.2) is 4.68 Å². The highest BCUT2D eigenvalue weighted by Gasteiger charge is 2.17. The number of thioether (sulfide) groups is 1. The predicted molar refractivity (Wildman–Crippen MR) is 121 cm³/mol. The Balaban J connectivity index is 1.48. The molecule has 0 aliphatic carbocycles. The second-order valence-electron chi connectivity index (χ2n) is 7.12. The van der Waals surface area contributed by atoms with Crippen molar-refractivity contribution in [2.75, 3.05) is 12.8 Å². The number of rotatable bonds is 8. The molecule has 158 valence electrons. The fourth-order valence-electron chi connectivity index (χ4n) is 3.16. The zero-order valence-corrected chi connectivity index (χ0v) is 18.2. The molecule has 1 amide bonds. The summed E-state index contributed by atoms with van der Waals surface area (Å²) in [6.07, 6.45) is 2.00. The van der Waals surface area contributed by atoms with E-state index in [4.69, 9.17) is 9.62 Å². The molecule has 0 spiro atoms. The number of amides is 1. The number of nitrogens with zero attached hydrogens (tertiary/aromatic N) is 5. The highest BCUT2D eigenvalue weighted by Crippen LogP contribution is 2.25. The summed E-state index contributed by atoms with van der Waals surface area (Å²) in [5.74, 6) is 2.06. The van der Waals surface area contributed by atoms with Crippen LogP contribution >= 0.6 is 11.8 Å². The summed E-state index contributed by atoms with van der Waals surface area (Å²) >= 11 is 1.47. The number of hydrogen-bond acceptors (Lipinski definition) is 6. The van der Waals surface area contributed by atoms with Crippen LogP contribution in [0.3, 0.4) is 0 Å². The molecule has 0 fully saturated rings. The van der Waals surface area contributed by atoms with Crippen molar-refractivity contribution in [3.63, 3.8) is 0 Å². The molecule has 0 saturated heterocycles. The molecule has 0 atom stereocenters. The molecule has 2 heterocycles. The first-order chi connectivity index (χ1) is 15.1. The lowest BCUT2D eigenvalue weighted by Crippen LogP contribution is -2.28. The van der Waals surface area contributed by atoms with Crippen LogP contribution in [0.4, 0.5) is 0 Å². The number of benzene rings is 2. The van der Waals surface area contributed by atoms with Gasteiger partial charge >= 0.3 is 0 Å². The molecule has 4 rings (SSSR count). The lowest BCUT2D eigenvalue weighted by molar-refractivity contribution is -0.127. The Hall–Kier alpha value is -3.39. The molecule has 8 heteroatoms. The van der Waals surface area contributed by atoms with E-state index in [0.29, 0.717) is 29.8 Å². The van der Waals surface area contributed by atoms with Crippen LogP contribution in [0.15, 0.2) is 71.4 Å². The van der Waals surface area contributed by atoms with Crippen molar-refractivity contribution in [2.24, 2.45) is 0 Å². The molecule has 0 aliphatic heterocycles. The van der Waals surface area contributed by atoms with E-state index >= 15 is 0 Å². The maximum atomic E-state index is 12.7. The molecule has 31 heavy (non-hydrogen) atoms. The molecule has 0 unspecified atom stereocenters. The lowest BCUT2D eigenvalue weighted by atomic mass is 10.1. The summed E-state index contributed by atoms with van der Waals surface area (Å²) in [6.45, 7) is 2.22. The van der Waals surface area contributed by atoms with Crippen LogP contribution in [0.1, 0.15) is 17.3 Å². The molecular weight excluding hydrogens is 410 g/mol. The van der Waals surface area contributed by atoms with Crippen molar-refractivity contribution >= 4 is 17.7 Å². The first kappa shape index (κ1) is 20.9. The monoisotopic (exact) mass is 433 g/mol. The number of hydrogen-bond donors (Lipinski definition) is 0. The summed E-state index contributed by atoms with van der Waals surface area (Å²) in [5, 5.41) is 8.67. The maximum absolute atomic E-state index is 12.7. The third-order valence-electron chi connectivity index (χ3n) is 4.72. The van der Waals surface area contributed by atoms with Crippen LogP contribution in [0, 0.1) is 6.92 Å². The fraction of sp³-hybridized carbons (Fsp3) is 0.217. The van der Waals surface area contributed by atoms with E-state index in [-0.39, 0.29) is 5.91 Å². The lowest BCUT2D eigenvalue weighted by Gasteiger charge is -2.16. The standard InChI is InChI=1S/C23H23N5O2S/c1-17-24-21(26-30-17)15-31-16-22(29)27(2)13-19-14-28(20-11-7-4-8-12-20)25-23(19)18-9-5-3-6-10-18/h3-12,14H,13,15-16H2,1-2H3. The van der Waals surface area contributed by atoms with E-state index < -0.39 is 0 Å². The summed E-state index contributed by atoms with van der Waals surface area (Å²) in [7, 11) is 1.82. The van der Waals surface area contributed by atoms with Crippen LogP contribution in [0.5, 0.6) is 0 Å². The highest BCUT2D eigenvalue weighted by molar-refractivity contribution is 7.99. The van der Waals surface area contributed by atoms with Crippen LogP contribution in [-0.4, -0.2) is 43.5 Å². The van der Waals surface area contributed by atoms with Gasteiger partial charge in [-0.1, -0.05) is 53.7 Å². The van der Waals surface area contributed by atoms with Gasteiger partial charge in [0.2, 0.25) is 11.8 Å². The molecule has 4 aromatic rings. The molecule has 0 aliphatic rings. The molecular formula is C23H23N5O2S. The minimum absolute atomic E-state index is 0.0386. The topological polar surface area (TPSA) is 77.1 Å². The number of carbonyl (C=O) groups excluding carboxylic acids is 1. The third-order valence-corrected chi connectivity index (χ3v) is 5.63. The summed E-state index contributed by atoms with van der Waals surface area (Å²) in [5.41, 5.74) is 3.87. The predicted octanol–water partition coefficient (Wildman–Crippen LogP) is 4.12. The Morgan fingerprint density at radius 1 is 1.10 bits per heavy atom. The summed E-state index contributed by atoms with van der Waals surface area (Å²) < 4.78 is 6.83. The number of aryl methyl sites for hydroxylation is 1. The van der Waals surface area contributed by atoms with E-state index in [1.165, 1.54) is 11.8 Å². The van der Waals surface area contributed by atoms with Crippen molar-refractivity contribution in [2.45, 2.75) is 19.2 Å². The van der Waals surface area contributed by atoms with Gasteiger partial charge in [0.25, 0.3) is 0 Å². The quantitative estimate of drug-likeness (QED) is 0.416. The van der Waals surface area contributed by atoms with Gasteiger partial charge in [-0.15, -0.1) is 11.8 Å². The van der Waals surface area contributed by atoms with E-state index in [0.717, 1.165) is 22.5 Å². The Morgan fingerprint density at radius 2 is 1.81 bits per heavy atom. The average Bonchev–Trinajstić information content (AvgIpc) is 3.41. The van der Waals surface area contributed by atoms with Crippen molar-refractivity contribution in [1.29, 1.82) is 0 Å². The van der Waals surface area contributed by atoms with E-state index in [1.54, 1.807) is 11.8 Å². The summed E-state index contributed by atoms with van der Waals surface area (Å²) in [6, 6.07) is 20.0. The van der Waals surface area contributed by atoms with Crippen LogP contribution in [0.2, 0.25) is 0 Å². The number of aromatic nitrogens is 4. The van der Waals surface area contributed by atoms with Gasteiger partial charge in [-0.3, -0.25) is 4.79 Å². The molecule has 0 N–H and O–H groups in total. The molecule has 2 aromatic heterocycles. The van der Waals surface area contributed by atoms with E-state index in [9.17, 15) is 4.79 Å². The average molecular weight is 434 g/mol. The third kappa shape index (κ3) is 5.21. The summed E-state index contributed by atoms with van der Waals surface area (Å²) in [4.78, 5) is 18.6. The second-order valence-corrected chi connectivity index (χ2v) is 8.11. The minimum Gasteiger partial charge on any atom is -0.341 e. The van der Waals surface area contributed by atoms with Gasteiger partial charge in [-0.05, 0) is 12.1 Å². The maximum Gasteiger partial charge on any atom is 0.232 e. The normalized spacial score (nSPS) is 10.9. The van der Waals surface area contributed by atoms with Gasteiger partial charge in [0, 0.05) is 37.8 Å². The Kier molecular flexibility index (Phi) is 6.47. The first-order valence-electron chi connectivity index (χ1n) is 9.90. The Bertz CT molecular complexity index is 1140. The number of carbonyl (C=O) groups is 1. The Morgan fingerprint density at radius 3 is 2.48 bits per heavy atom. The largest absolute Gasteiger partial charge is 0.341 e. The Labute approximate surface area is 185 Å². The van der Waals surface area contributed by atoms with Crippen molar-refractivity contribution in [1.82, 2.24) is 24.8 Å². The van der Waals surface area contributed by atoms with Gasteiger partial charge in [-0.2, -0.15) is 10.1 Å². The van der Waals surface area contributed by atoms with Crippen molar-refractivity contribution < 1.29 is 9.32 Å². The molecule has 2 aromatic carbocycles. The highest BCUT2D eigenvalue weighted by atomic mass is 32.2. The van der Waals surface area contributed by atoms with Crippen LogP contribution in [-0.2, 0) is 17.1 Å². The van der Waals surface area contributed by atoms with Gasteiger partial charge in [0.1, 0.15) is 0 Å². The fourth-order valence-corrected chi connectivity index (χ4v) is 3.96. The zero-order chi connectivity index (χ0) is 21.6. The number of para-hydroxylation sites is 1. The SMILES string of the molecule is Cc1nc(CSCC(=O)N(C)Cc2cn(-c3ccccc3)nc2-c2ccccc2)no1. The zero-order valence-electron chi connectivity index (χ0n) is 17.4. The first-order valence-corrected chi connectivity index (χ1v) is 11.1. The smallest absolute Gasteiger partial charge is 0.232 e. The molecule has 7 nitrogen and oxygen atoms in total. The minimum atomic E-state index is 0.0386.